The minimum Gasteiger partial charge on any atom is -0.350 e. The van der Waals surface area contributed by atoms with E-state index >= 15 is 0 Å². The van der Waals surface area contributed by atoms with Gasteiger partial charge in [-0.3, -0.25) is 9.10 Å². The van der Waals surface area contributed by atoms with E-state index < -0.39 is 16.1 Å². The third-order valence-electron chi connectivity index (χ3n) is 4.55. The summed E-state index contributed by atoms with van der Waals surface area (Å²) in [4.78, 5) is 12.6. The molecule has 0 radical (unpaired) electrons. The first-order chi connectivity index (χ1) is 12.1. The molecule has 0 aliphatic rings. The number of aryl methyl sites for hydroxylation is 3. The highest BCUT2D eigenvalue weighted by atomic mass is 32.2. The molecule has 0 fully saturated rings. The Morgan fingerprint density at radius 3 is 2.27 bits per heavy atom. The van der Waals surface area contributed by atoms with Crippen molar-refractivity contribution in [3.05, 3.63) is 64.7 Å². The van der Waals surface area contributed by atoms with E-state index in [1.54, 1.807) is 19.1 Å². The smallest absolute Gasteiger partial charge is 0.243 e. The van der Waals surface area contributed by atoms with Gasteiger partial charge in [0.1, 0.15) is 6.04 Å². The molecule has 0 saturated heterocycles. The van der Waals surface area contributed by atoms with Crippen LogP contribution in [-0.4, -0.2) is 26.6 Å². The number of anilines is 1. The van der Waals surface area contributed by atoms with Crippen LogP contribution in [0.3, 0.4) is 0 Å². The summed E-state index contributed by atoms with van der Waals surface area (Å²) in [5.41, 5.74) is 4.62. The highest BCUT2D eigenvalue weighted by Crippen LogP contribution is 2.23. The molecule has 2 aromatic rings. The maximum absolute atomic E-state index is 12.6. The van der Waals surface area contributed by atoms with Crippen LogP contribution in [-0.2, 0) is 21.4 Å². The van der Waals surface area contributed by atoms with Gasteiger partial charge in [0, 0.05) is 6.54 Å². The van der Waals surface area contributed by atoms with Crippen LogP contribution in [0.2, 0.25) is 0 Å². The molecule has 0 unspecified atom stereocenters. The number of nitrogens with zero attached hydrogens (tertiary/aromatic N) is 1. The standard InChI is InChI=1S/C20H26N2O3S/c1-14-10-11-19(12-16(14)3)22(26(5,24)25)17(4)20(23)21-13-18-9-7-6-8-15(18)2/h6-12,17H,13H2,1-5H3,(H,21,23)/t17-/m0/s1. The predicted molar refractivity (Wildman–Crippen MR) is 106 cm³/mol. The minimum atomic E-state index is -3.61. The summed E-state index contributed by atoms with van der Waals surface area (Å²) in [6.45, 7) is 7.82. The van der Waals surface area contributed by atoms with Gasteiger partial charge in [-0.05, 0) is 62.1 Å². The van der Waals surface area contributed by atoms with Gasteiger partial charge in [-0.15, -0.1) is 0 Å². The quantitative estimate of drug-likeness (QED) is 0.845. The summed E-state index contributed by atoms with van der Waals surface area (Å²) in [6, 6.07) is 12.3. The molecule has 2 aromatic carbocycles. The van der Waals surface area contributed by atoms with Crippen molar-refractivity contribution < 1.29 is 13.2 Å². The monoisotopic (exact) mass is 374 g/mol. The van der Waals surface area contributed by atoms with Crippen molar-refractivity contribution in [2.45, 2.75) is 40.3 Å². The lowest BCUT2D eigenvalue weighted by molar-refractivity contribution is -0.122. The fourth-order valence-corrected chi connectivity index (χ4v) is 3.98. The number of hydrogen-bond donors (Lipinski definition) is 1. The lowest BCUT2D eigenvalue weighted by Crippen LogP contribution is -2.47. The second kappa shape index (κ2) is 7.91. The second-order valence-electron chi connectivity index (χ2n) is 6.65. The van der Waals surface area contributed by atoms with Gasteiger partial charge in [0.25, 0.3) is 0 Å². The summed E-state index contributed by atoms with van der Waals surface area (Å²) >= 11 is 0. The van der Waals surface area contributed by atoms with E-state index in [-0.39, 0.29) is 5.91 Å². The average molecular weight is 375 g/mol. The Kier molecular flexibility index (Phi) is 6.08. The number of hydrogen-bond acceptors (Lipinski definition) is 3. The molecule has 0 heterocycles. The predicted octanol–water partition coefficient (Wildman–Crippen LogP) is 3.08. The molecule has 1 N–H and O–H groups in total. The highest BCUT2D eigenvalue weighted by molar-refractivity contribution is 7.92. The zero-order chi connectivity index (χ0) is 19.5. The fourth-order valence-electron chi connectivity index (χ4n) is 2.81. The molecule has 140 valence electrons. The summed E-state index contributed by atoms with van der Waals surface area (Å²) in [5.74, 6) is -0.336. The van der Waals surface area contributed by atoms with Gasteiger partial charge >= 0.3 is 0 Å². The van der Waals surface area contributed by atoms with Crippen molar-refractivity contribution in [1.82, 2.24) is 5.32 Å². The molecule has 1 atom stereocenters. The van der Waals surface area contributed by atoms with Crippen LogP contribution in [0, 0.1) is 20.8 Å². The fraction of sp³-hybridized carbons (Fsp3) is 0.350. The Balaban J connectivity index is 2.23. The van der Waals surface area contributed by atoms with E-state index in [0.29, 0.717) is 12.2 Å². The van der Waals surface area contributed by atoms with Crippen molar-refractivity contribution >= 4 is 21.6 Å². The van der Waals surface area contributed by atoms with Crippen molar-refractivity contribution in [2.24, 2.45) is 0 Å². The molecule has 26 heavy (non-hydrogen) atoms. The van der Waals surface area contributed by atoms with Gasteiger partial charge in [0.2, 0.25) is 15.9 Å². The van der Waals surface area contributed by atoms with E-state index in [0.717, 1.165) is 28.5 Å². The summed E-state index contributed by atoms with van der Waals surface area (Å²) in [7, 11) is -3.61. The first kappa shape index (κ1) is 20.0. The molecular weight excluding hydrogens is 348 g/mol. The molecule has 0 spiro atoms. The summed E-state index contributed by atoms with van der Waals surface area (Å²) in [5, 5.41) is 2.84. The number of amides is 1. The maximum atomic E-state index is 12.6. The summed E-state index contributed by atoms with van der Waals surface area (Å²) < 4.78 is 25.9. The van der Waals surface area contributed by atoms with Crippen molar-refractivity contribution in [2.75, 3.05) is 10.6 Å². The van der Waals surface area contributed by atoms with Gasteiger partial charge in [0.15, 0.2) is 0 Å². The van der Waals surface area contributed by atoms with Gasteiger partial charge in [-0.2, -0.15) is 0 Å². The van der Waals surface area contributed by atoms with Crippen molar-refractivity contribution in [1.29, 1.82) is 0 Å². The van der Waals surface area contributed by atoms with Gasteiger partial charge in [-0.25, -0.2) is 8.42 Å². The van der Waals surface area contributed by atoms with E-state index in [1.807, 2.05) is 51.1 Å². The van der Waals surface area contributed by atoms with Crippen LogP contribution in [0.1, 0.15) is 29.2 Å². The lowest BCUT2D eigenvalue weighted by Gasteiger charge is -2.28. The number of carbonyl (C=O) groups is 1. The molecule has 6 heteroatoms. The maximum Gasteiger partial charge on any atom is 0.243 e. The molecule has 5 nitrogen and oxygen atoms in total. The van der Waals surface area contributed by atoms with E-state index in [2.05, 4.69) is 5.32 Å². The van der Waals surface area contributed by atoms with Crippen LogP contribution in [0.5, 0.6) is 0 Å². The normalized spacial score (nSPS) is 12.5. The van der Waals surface area contributed by atoms with E-state index in [4.69, 9.17) is 0 Å². The second-order valence-corrected chi connectivity index (χ2v) is 8.51. The Bertz CT molecular complexity index is 907. The molecule has 1 amide bonds. The van der Waals surface area contributed by atoms with Crippen LogP contribution < -0.4 is 9.62 Å². The first-order valence-corrected chi connectivity index (χ1v) is 10.3. The molecule has 0 aliphatic heterocycles. The highest BCUT2D eigenvalue weighted by Gasteiger charge is 2.29. The van der Waals surface area contributed by atoms with Crippen LogP contribution in [0.4, 0.5) is 5.69 Å². The van der Waals surface area contributed by atoms with Gasteiger partial charge in [-0.1, -0.05) is 30.3 Å². The van der Waals surface area contributed by atoms with Crippen LogP contribution >= 0.6 is 0 Å². The molecule has 0 saturated carbocycles. The lowest BCUT2D eigenvalue weighted by atomic mass is 10.1. The van der Waals surface area contributed by atoms with Crippen molar-refractivity contribution in [3.8, 4) is 0 Å². The molecule has 0 aliphatic carbocycles. The van der Waals surface area contributed by atoms with E-state index in [1.165, 1.54) is 4.31 Å². The Morgan fingerprint density at radius 2 is 1.69 bits per heavy atom. The number of nitrogens with one attached hydrogen (secondary N) is 1. The first-order valence-electron chi connectivity index (χ1n) is 8.50. The average Bonchev–Trinajstić information content (AvgIpc) is 2.56. The van der Waals surface area contributed by atoms with Gasteiger partial charge < -0.3 is 5.32 Å². The summed E-state index contributed by atoms with van der Waals surface area (Å²) in [6.07, 6.45) is 1.12. The minimum absolute atomic E-state index is 0.336. The molecule has 0 aromatic heterocycles. The number of benzene rings is 2. The third kappa shape index (κ3) is 4.64. The Hall–Kier alpha value is -2.34. The Morgan fingerprint density at radius 1 is 1.04 bits per heavy atom. The number of rotatable bonds is 6. The number of sulfonamides is 1. The van der Waals surface area contributed by atoms with Crippen LogP contribution in [0.25, 0.3) is 0 Å². The number of carbonyl (C=O) groups excluding carboxylic acids is 1. The topological polar surface area (TPSA) is 66.5 Å². The van der Waals surface area contributed by atoms with Crippen LogP contribution in [0.15, 0.2) is 42.5 Å². The third-order valence-corrected chi connectivity index (χ3v) is 5.79. The molecule has 0 bridgehead atoms. The van der Waals surface area contributed by atoms with E-state index in [9.17, 15) is 13.2 Å². The van der Waals surface area contributed by atoms with Crippen molar-refractivity contribution in [3.63, 3.8) is 0 Å². The zero-order valence-corrected chi connectivity index (χ0v) is 16.7. The SMILES string of the molecule is Cc1ccc(N([C@@H](C)C(=O)NCc2ccccc2C)S(C)(=O)=O)cc1C. The zero-order valence-electron chi connectivity index (χ0n) is 15.9. The molecule has 2 rings (SSSR count). The largest absolute Gasteiger partial charge is 0.350 e. The Labute approximate surface area is 156 Å². The molecular formula is C20H26N2O3S. The van der Waals surface area contributed by atoms with Gasteiger partial charge in [0.05, 0.1) is 11.9 Å².